The van der Waals surface area contributed by atoms with E-state index in [1.165, 1.54) is 11.3 Å². The molecule has 1 atom stereocenters. The number of hydrogen-bond acceptors (Lipinski definition) is 4. The van der Waals surface area contributed by atoms with Gasteiger partial charge in [-0.15, -0.1) is 11.3 Å². The first-order valence-electron chi connectivity index (χ1n) is 7.28. The third-order valence-electron chi connectivity index (χ3n) is 4.38. The molecule has 5 nitrogen and oxygen atoms in total. The lowest BCUT2D eigenvalue weighted by molar-refractivity contribution is 0.0555. The lowest BCUT2D eigenvalue weighted by atomic mass is 10.0. The number of nitrogens with zero attached hydrogens (tertiary/aromatic N) is 2. The first-order valence-corrected chi connectivity index (χ1v) is 8.10. The molecule has 2 amide bonds. The molecule has 114 valence electrons. The predicted octanol–water partition coefficient (Wildman–Crippen LogP) is 2.57. The van der Waals surface area contributed by atoms with Crippen molar-refractivity contribution < 1.29 is 14.3 Å². The number of ether oxygens (including phenoxy) is 1. The molecule has 2 aromatic rings. The maximum atomic E-state index is 12.7. The van der Waals surface area contributed by atoms with Gasteiger partial charge in [-0.1, -0.05) is 18.2 Å². The largest absolute Gasteiger partial charge is 0.439 e. The van der Waals surface area contributed by atoms with Crippen molar-refractivity contribution in [3.05, 3.63) is 35.2 Å². The Morgan fingerprint density at radius 1 is 1.32 bits per heavy atom. The number of benzene rings is 1. The summed E-state index contributed by atoms with van der Waals surface area (Å²) in [6.45, 7) is 1.67. The maximum absolute atomic E-state index is 12.7. The van der Waals surface area contributed by atoms with Crippen LogP contribution < -0.4 is 0 Å². The molecule has 1 aromatic heterocycles. The van der Waals surface area contributed by atoms with Gasteiger partial charge in [0.05, 0.1) is 18.0 Å². The molecule has 0 aliphatic carbocycles. The Hall–Kier alpha value is -2.08. The van der Waals surface area contributed by atoms with Crippen LogP contribution in [0.1, 0.15) is 16.1 Å². The van der Waals surface area contributed by atoms with Crippen molar-refractivity contribution in [2.75, 3.05) is 26.7 Å². The van der Waals surface area contributed by atoms with Crippen LogP contribution in [0.25, 0.3) is 10.1 Å². The van der Waals surface area contributed by atoms with Crippen molar-refractivity contribution in [2.24, 2.45) is 0 Å². The van der Waals surface area contributed by atoms with Crippen LogP contribution in [-0.4, -0.2) is 54.1 Å². The van der Waals surface area contributed by atoms with Gasteiger partial charge in [-0.05, 0) is 17.5 Å². The molecule has 2 saturated heterocycles. The Morgan fingerprint density at radius 2 is 2.14 bits per heavy atom. The summed E-state index contributed by atoms with van der Waals surface area (Å²) in [5, 5.41) is 1.09. The zero-order chi connectivity index (χ0) is 15.3. The topological polar surface area (TPSA) is 49.9 Å². The molecule has 0 radical (unpaired) electrons. The minimum atomic E-state index is -0.516. The number of amides is 2. The monoisotopic (exact) mass is 316 g/mol. The number of likely N-dealkylation sites (tertiary alicyclic amines) is 1. The average molecular weight is 316 g/mol. The van der Waals surface area contributed by atoms with Crippen molar-refractivity contribution >= 4 is 33.4 Å². The number of carbonyl (C=O) groups is 2. The van der Waals surface area contributed by atoms with Crippen LogP contribution in [-0.2, 0) is 4.74 Å². The molecule has 1 unspecified atom stereocenters. The molecule has 0 bridgehead atoms. The number of likely N-dealkylation sites (N-methyl/N-ethyl adjacent to an activating group) is 1. The van der Waals surface area contributed by atoms with Gasteiger partial charge in [0.15, 0.2) is 5.60 Å². The summed E-state index contributed by atoms with van der Waals surface area (Å²) in [5.41, 5.74) is -0.516. The summed E-state index contributed by atoms with van der Waals surface area (Å²) in [4.78, 5) is 28.4. The van der Waals surface area contributed by atoms with E-state index in [0.29, 0.717) is 26.1 Å². The van der Waals surface area contributed by atoms with Gasteiger partial charge in [0.25, 0.3) is 5.91 Å². The third-order valence-corrected chi connectivity index (χ3v) is 5.48. The molecular formula is C16H16N2O3S. The fourth-order valence-corrected chi connectivity index (χ4v) is 4.30. The Bertz CT molecular complexity index is 739. The van der Waals surface area contributed by atoms with Crippen LogP contribution in [0.15, 0.2) is 30.3 Å². The highest BCUT2D eigenvalue weighted by Gasteiger charge is 2.49. The van der Waals surface area contributed by atoms with Crippen LogP contribution in [0.2, 0.25) is 0 Å². The summed E-state index contributed by atoms with van der Waals surface area (Å²) in [6, 6.07) is 9.94. The van der Waals surface area contributed by atoms with Crippen LogP contribution in [0, 0.1) is 0 Å². The lowest BCUT2D eigenvalue weighted by Gasteiger charge is -2.21. The van der Waals surface area contributed by atoms with E-state index in [1.807, 2.05) is 30.3 Å². The predicted molar refractivity (Wildman–Crippen MR) is 84.2 cm³/mol. The zero-order valence-corrected chi connectivity index (χ0v) is 13.1. The first kappa shape index (κ1) is 13.6. The minimum Gasteiger partial charge on any atom is -0.439 e. The lowest BCUT2D eigenvalue weighted by Crippen LogP contribution is -2.38. The molecule has 0 saturated carbocycles. The number of fused-ring (bicyclic) bond motifs is 1. The SMILES string of the molecule is CN1CC2(CCN(C(=O)c3cc4ccccc4s3)C2)OC1=O. The van der Waals surface area contributed by atoms with E-state index < -0.39 is 5.60 Å². The summed E-state index contributed by atoms with van der Waals surface area (Å²) in [7, 11) is 1.73. The molecule has 0 N–H and O–H groups in total. The van der Waals surface area contributed by atoms with E-state index in [1.54, 1.807) is 16.8 Å². The number of thiophene rings is 1. The van der Waals surface area contributed by atoms with Gasteiger partial charge in [0.1, 0.15) is 0 Å². The second-order valence-electron chi connectivity index (χ2n) is 6.03. The molecule has 2 aliphatic heterocycles. The summed E-state index contributed by atoms with van der Waals surface area (Å²) < 4.78 is 6.61. The van der Waals surface area contributed by atoms with Crippen LogP contribution in [0.4, 0.5) is 4.79 Å². The Balaban J connectivity index is 1.55. The van der Waals surface area contributed by atoms with Crippen LogP contribution in [0.3, 0.4) is 0 Å². The van der Waals surface area contributed by atoms with Crippen molar-refractivity contribution in [3.63, 3.8) is 0 Å². The van der Waals surface area contributed by atoms with Crippen LogP contribution in [0.5, 0.6) is 0 Å². The highest BCUT2D eigenvalue weighted by Crippen LogP contribution is 2.34. The summed E-state index contributed by atoms with van der Waals surface area (Å²) in [5.74, 6) is 0.0312. The molecule has 2 fully saturated rings. The van der Waals surface area contributed by atoms with E-state index in [9.17, 15) is 9.59 Å². The quantitative estimate of drug-likeness (QED) is 0.812. The first-order chi connectivity index (χ1) is 10.6. The fraction of sp³-hybridized carbons (Fsp3) is 0.375. The zero-order valence-electron chi connectivity index (χ0n) is 12.2. The smallest absolute Gasteiger partial charge is 0.410 e. The Morgan fingerprint density at radius 3 is 2.86 bits per heavy atom. The van der Waals surface area contributed by atoms with Gasteiger partial charge in [-0.3, -0.25) is 4.79 Å². The van der Waals surface area contributed by atoms with E-state index in [4.69, 9.17) is 4.74 Å². The standard InChI is InChI=1S/C16H16N2O3S/c1-17-9-16(21-15(17)20)6-7-18(10-16)14(19)13-8-11-4-2-3-5-12(11)22-13/h2-5,8H,6-7,9-10H2,1H3. The molecule has 22 heavy (non-hydrogen) atoms. The van der Waals surface area contributed by atoms with Crippen molar-refractivity contribution in [1.29, 1.82) is 0 Å². The van der Waals surface area contributed by atoms with Gasteiger partial charge in [0, 0.05) is 24.7 Å². The average Bonchev–Trinajstić information content (AvgIpc) is 3.17. The summed E-state index contributed by atoms with van der Waals surface area (Å²) in [6.07, 6.45) is 0.413. The number of hydrogen-bond donors (Lipinski definition) is 0. The molecule has 4 rings (SSSR count). The van der Waals surface area contributed by atoms with Gasteiger partial charge in [-0.25, -0.2) is 4.79 Å². The number of rotatable bonds is 1. The summed E-state index contributed by atoms with van der Waals surface area (Å²) >= 11 is 1.51. The van der Waals surface area contributed by atoms with Crippen LogP contribution >= 0.6 is 11.3 Å². The molecule has 1 spiro atoms. The molecular weight excluding hydrogens is 300 g/mol. The molecule has 2 aliphatic rings. The highest BCUT2D eigenvalue weighted by atomic mass is 32.1. The molecule has 6 heteroatoms. The van der Waals surface area contributed by atoms with Gasteiger partial charge in [-0.2, -0.15) is 0 Å². The third kappa shape index (κ3) is 2.06. The molecule has 3 heterocycles. The second-order valence-corrected chi connectivity index (χ2v) is 7.12. The highest BCUT2D eigenvalue weighted by molar-refractivity contribution is 7.20. The van der Waals surface area contributed by atoms with E-state index in [2.05, 4.69) is 0 Å². The normalized spacial score (nSPS) is 24.5. The van der Waals surface area contributed by atoms with Crippen molar-refractivity contribution in [3.8, 4) is 0 Å². The molecule has 1 aromatic carbocycles. The van der Waals surface area contributed by atoms with E-state index in [-0.39, 0.29) is 12.0 Å². The van der Waals surface area contributed by atoms with Crippen molar-refractivity contribution in [2.45, 2.75) is 12.0 Å². The second kappa shape index (κ2) is 4.71. The Labute approximate surface area is 132 Å². The Kier molecular flexibility index (Phi) is 2.91. The van der Waals surface area contributed by atoms with Crippen molar-refractivity contribution in [1.82, 2.24) is 9.80 Å². The van der Waals surface area contributed by atoms with Gasteiger partial charge >= 0.3 is 6.09 Å². The van der Waals surface area contributed by atoms with E-state index >= 15 is 0 Å². The van der Waals surface area contributed by atoms with E-state index in [0.717, 1.165) is 15.0 Å². The minimum absolute atomic E-state index is 0.0312. The van der Waals surface area contributed by atoms with Gasteiger partial charge in [0.2, 0.25) is 0 Å². The maximum Gasteiger partial charge on any atom is 0.410 e. The number of carbonyl (C=O) groups excluding carboxylic acids is 2. The fourth-order valence-electron chi connectivity index (χ4n) is 3.27. The van der Waals surface area contributed by atoms with Gasteiger partial charge < -0.3 is 14.5 Å².